The molecule has 1 radical (unpaired) electrons. The molecular formula is C36H20IrN2OS2-2. The maximum atomic E-state index is 6.45. The number of hydrogen-bond donors (Lipinski definition) is 0. The van der Waals surface area contributed by atoms with E-state index in [9.17, 15) is 0 Å². The van der Waals surface area contributed by atoms with Gasteiger partial charge in [-0.2, -0.15) is 11.3 Å². The maximum Gasteiger partial charge on any atom is 0.128 e. The summed E-state index contributed by atoms with van der Waals surface area (Å²) < 4.78 is 8.98. The summed E-state index contributed by atoms with van der Waals surface area (Å²) >= 11 is 3.47. The van der Waals surface area contributed by atoms with Gasteiger partial charge < -0.3 is 9.40 Å². The van der Waals surface area contributed by atoms with Gasteiger partial charge in [0.2, 0.25) is 0 Å². The second kappa shape index (κ2) is 11.2. The predicted molar refractivity (Wildman–Crippen MR) is 173 cm³/mol. The Balaban J connectivity index is 0.000000188. The fraction of sp³-hybridized carbons (Fsp3) is 0. The van der Waals surface area contributed by atoms with Crippen LogP contribution in [0.15, 0.2) is 126 Å². The smallest absolute Gasteiger partial charge is 0.128 e. The summed E-state index contributed by atoms with van der Waals surface area (Å²) in [7, 11) is 0. The van der Waals surface area contributed by atoms with Crippen molar-refractivity contribution >= 4 is 75.0 Å². The fourth-order valence-corrected chi connectivity index (χ4v) is 7.55. The minimum Gasteiger partial charge on any atom is -0.500 e. The molecule has 0 fully saturated rings. The normalized spacial score (nSPS) is 11.1. The summed E-state index contributed by atoms with van der Waals surface area (Å²) in [5.74, 6) is 0. The summed E-state index contributed by atoms with van der Waals surface area (Å²) in [6, 6.07) is 45.5. The standard InChI is InChI=1S/C25H12NOS2.C11H8N.Ir/c1-2-7-15-14(6-1)12-13-17-16-9-5-10-19(22(16)27-21(15)17)24-26-25-23(29-24)18-8-3-4-11-20(18)28-25;1-2-6-10(7-3-1)11-8-4-5-9-12-11;/h1-9,11-13H;1-6,8-9H;/q2*-1;. The Kier molecular flexibility index (Phi) is 7.14. The van der Waals surface area contributed by atoms with Crippen molar-refractivity contribution in [2.24, 2.45) is 0 Å². The minimum atomic E-state index is 0. The van der Waals surface area contributed by atoms with Gasteiger partial charge in [-0.25, -0.2) is 0 Å². The van der Waals surface area contributed by atoms with E-state index in [0.717, 1.165) is 54.0 Å². The van der Waals surface area contributed by atoms with Crippen LogP contribution in [-0.2, 0) is 20.1 Å². The number of rotatable bonds is 2. The average Bonchev–Trinajstić information content (AvgIpc) is 3.73. The topological polar surface area (TPSA) is 38.9 Å². The molecule has 3 nitrogen and oxygen atoms in total. The molecule has 0 bridgehead atoms. The molecule has 0 atom stereocenters. The Morgan fingerprint density at radius 1 is 0.619 bits per heavy atom. The van der Waals surface area contributed by atoms with Gasteiger partial charge in [0.15, 0.2) is 0 Å². The van der Waals surface area contributed by atoms with Crippen LogP contribution in [0.25, 0.3) is 74.2 Å². The molecule has 0 N–H and O–H groups in total. The van der Waals surface area contributed by atoms with Gasteiger partial charge in [-0.05, 0) is 23.2 Å². The van der Waals surface area contributed by atoms with Gasteiger partial charge in [-0.15, -0.1) is 65.4 Å². The Hall–Kier alpha value is -4.19. The van der Waals surface area contributed by atoms with Gasteiger partial charge in [0, 0.05) is 52.2 Å². The zero-order chi connectivity index (χ0) is 27.2. The molecule has 0 amide bonds. The van der Waals surface area contributed by atoms with Crippen molar-refractivity contribution in [2.75, 3.05) is 0 Å². The first kappa shape index (κ1) is 26.7. The molecule has 5 aromatic carbocycles. The van der Waals surface area contributed by atoms with Crippen LogP contribution in [0.5, 0.6) is 0 Å². The van der Waals surface area contributed by atoms with E-state index in [4.69, 9.17) is 9.40 Å². The third-order valence-corrected chi connectivity index (χ3v) is 9.42. The SMILES string of the molecule is [Ir].[c-]1ccc2c(oc3c4ccccc4ccc23)c1-c1nc2sc3ccccc3c2s1.[c-]1ccccc1-c1ccccn1. The van der Waals surface area contributed by atoms with E-state index in [-0.39, 0.29) is 20.1 Å². The molecule has 0 saturated carbocycles. The van der Waals surface area contributed by atoms with Gasteiger partial charge in [-0.1, -0.05) is 77.7 Å². The molecule has 0 aliphatic rings. The van der Waals surface area contributed by atoms with E-state index in [2.05, 4.69) is 83.8 Å². The number of nitrogens with zero attached hydrogens (tertiary/aromatic N) is 2. The predicted octanol–water partition coefficient (Wildman–Crippen LogP) is 10.6. The summed E-state index contributed by atoms with van der Waals surface area (Å²) in [6.45, 7) is 0. The average molecular weight is 753 g/mol. The van der Waals surface area contributed by atoms with Crippen LogP contribution in [0, 0.1) is 12.1 Å². The maximum absolute atomic E-state index is 6.45. The summed E-state index contributed by atoms with van der Waals surface area (Å²) in [5, 5.41) is 6.81. The number of pyridine rings is 1. The molecule has 0 aliphatic heterocycles. The summed E-state index contributed by atoms with van der Waals surface area (Å²) in [6.07, 6.45) is 1.79. The Bertz CT molecular complexity index is 2280. The van der Waals surface area contributed by atoms with Crippen LogP contribution in [0.1, 0.15) is 0 Å². The first-order valence-corrected chi connectivity index (χ1v) is 14.9. The largest absolute Gasteiger partial charge is 0.500 e. The van der Waals surface area contributed by atoms with Gasteiger partial charge in [0.05, 0.1) is 10.3 Å². The van der Waals surface area contributed by atoms with Crippen molar-refractivity contribution in [3.05, 3.63) is 134 Å². The molecule has 4 aromatic heterocycles. The second-order valence-electron chi connectivity index (χ2n) is 9.60. The van der Waals surface area contributed by atoms with E-state index in [1.807, 2.05) is 48.5 Å². The van der Waals surface area contributed by atoms with Crippen LogP contribution in [-0.4, -0.2) is 9.97 Å². The Morgan fingerprint density at radius 3 is 2.29 bits per heavy atom. The van der Waals surface area contributed by atoms with E-state index < -0.39 is 0 Å². The summed E-state index contributed by atoms with van der Waals surface area (Å²) in [4.78, 5) is 10.2. The molecule has 0 spiro atoms. The van der Waals surface area contributed by atoms with Crippen molar-refractivity contribution < 1.29 is 24.5 Å². The number of furan rings is 1. The molecule has 0 unspecified atom stereocenters. The van der Waals surface area contributed by atoms with Crippen LogP contribution >= 0.6 is 22.7 Å². The molecule has 42 heavy (non-hydrogen) atoms. The first-order valence-electron chi connectivity index (χ1n) is 13.2. The first-order chi connectivity index (χ1) is 20.3. The van der Waals surface area contributed by atoms with Gasteiger partial charge in [-0.3, -0.25) is 4.98 Å². The van der Waals surface area contributed by atoms with Crippen LogP contribution in [0.3, 0.4) is 0 Å². The van der Waals surface area contributed by atoms with Gasteiger partial charge in [0.1, 0.15) is 10.4 Å². The monoisotopic (exact) mass is 753 g/mol. The summed E-state index contributed by atoms with van der Waals surface area (Å²) in [5.41, 5.74) is 4.75. The molecule has 203 valence electrons. The fourth-order valence-electron chi connectivity index (χ4n) is 5.20. The van der Waals surface area contributed by atoms with Crippen molar-refractivity contribution in [1.29, 1.82) is 0 Å². The number of thiophene rings is 1. The van der Waals surface area contributed by atoms with Crippen molar-refractivity contribution in [3.63, 3.8) is 0 Å². The molecule has 4 heterocycles. The van der Waals surface area contributed by atoms with Crippen molar-refractivity contribution in [3.8, 4) is 21.8 Å². The quantitative estimate of drug-likeness (QED) is 0.165. The zero-order valence-corrected chi connectivity index (χ0v) is 26.0. The number of fused-ring (bicyclic) bond motifs is 8. The van der Waals surface area contributed by atoms with E-state index >= 15 is 0 Å². The second-order valence-corrected chi connectivity index (χ2v) is 11.6. The van der Waals surface area contributed by atoms with Crippen LogP contribution in [0.4, 0.5) is 0 Å². The number of aromatic nitrogens is 2. The zero-order valence-electron chi connectivity index (χ0n) is 22.0. The third-order valence-electron chi connectivity index (χ3n) is 7.12. The molecule has 0 saturated heterocycles. The van der Waals surface area contributed by atoms with Crippen molar-refractivity contribution in [2.45, 2.75) is 0 Å². The molecule has 6 heteroatoms. The minimum absolute atomic E-state index is 0. The van der Waals surface area contributed by atoms with Gasteiger partial charge >= 0.3 is 0 Å². The van der Waals surface area contributed by atoms with E-state index in [0.29, 0.717) is 0 Å². The molecule has 9 rings (SSSR count). The molecule has 9 aromatic rings. The molecule has 0 aliphatic carbocycles. The number of hydrogen-bond acceptors (Lipinski definition) is 5. The van der Waals surface area contributed by atoms with Crippen LogP contribution in [0.2, 0.25) is 0 Å². The number of benzene rings is 5. The van der Waals surface area contributed by atoms with E-state index in [1.54, 1.807) is 28.9 Å². The van der Waals surface area contributed by atoms with Gasteiger partial charge in [0.25, 0.3) is 0 Å². The van der Waals surface area contributed by atoms with Crippen LogP contribution < -0.4 is 0 Å². The Labute approximate surface area is 263 Å². The number of thiazole rings is 1. The van der Waals surface area contributed by atoms with Crippen molar-refractivity contribution in [1.82, 2.24) is 9.97 Å². The molecular weight excluding hydrogens is 733 g/mol. The third kappa shape index (κ3) is 4.63. The van der Waals surface area contributed by atoms with E-state index in [1.165, 1.54) is 20.2 Å². The Morgan fingerprint density at radius 2 is 1.43 bits per heavy atom.